The van der Waals surface area contributed by atoms with Gasteiger partial charge in [-0.3, -0.25) is 0 Å². The van der Waals surface area contributed by atoms with Gasteiger partial charge in [-0.25, -0.2) is 9.97 Å². The fraction of sp³-hybridized carbons (Fsp3) is 0.231. The normalized spacial score (nSPS) is 11.2. The minimum absolute atomic E-state index is 0.420. The number of hydrogen-bond donors (Lipinski definition) is 2. The topological polar surface area (TPSA) is 63.8 Å². The minimum Gasteiger partial charge on any atom is -0.377 e. The molecule has 3 N–H and O–H groups in total. The first-order valence-corrected chi connectivity index (χ1v) is 8.74. The summed E-state index contributed by atoms with van der Waals surface area (Å²) >= 11 is 15.7. The predicted octanol–water partition coefficient (Wildman–Crippen LogP) is 4.17. The molecular weight excluding hydrogens is 347 g/mol. The summed E-state index contributed by atoms with van der Waals surface area (Å²) in [7, 11) is 0. The highest BCUT2D eigenvalue weighted by Crippen LogP contribution is 2.39. The quantitative estimate of drug-likeness (QED) is 0.671. The summed E-state index contributed by atoms with van der Waals surface area (Å²) in [4.78, 5) is 9.63. The number of aromatic nitrogens is 2. The lowest BCUT2D eigenvalue weighted by molar-refractivity contribution is 0.989. The van der Waals surface area contributed by atoms with Crippen molar-refractivity contribution in [2.24, 2.45) is 5.73 Å². The van der Waals surface area contributed by atoms with Crippen LogP contribution in [0.15, 0.2) is 17.6 Å². The molecule has 110 valence electrons. The summed E-state index contributed by atoms with van der Waals surface area (Å²) in [5.41, 5.74) is 7.28. The Balaban J connectivity index is 1.98. The van der Waals surface area contributed by atoms with Crippen molar-refractivity contribution in [2.45, 2.75) is 13.0 Å². The van der Waals surface area contributed by atoms with E-state index in [-0.39, 0.29) is 0 Å². The van der Waals surface area contributed by atoms with E-state index in [9.17, 15) is 0 Å². The highest BCUT2D eigenvalue weighted by Gasteiger charge is 2.15. The van der Waals surface area contributed by atoms with Crippen molar-refractivity contribution < 1.29 is 0 Å². The van der Waals surface area contributed by atoms with E-state index in [4.69, 9.17) is 28.9 Å². The van der Waals surface area contributed by atoms with E-state index in [0.29, 0.717) is 23.3 Å². The summed E-state index contributed by atoms with van der Waals surface area (Å²) in [6.07, 6.45) is 2.53. The van der Waals surface area contributed by atoms with Gasteiger partial charge in [0.2, 0.25) is 0 Å². The van der Waals surface area contributed by atoms with Gasteiger partial charge in [0.25, 0.3) is 0 Å². The maximum absolute atomic E-state index is 6.38. The molecule has 0 aliphatic carbocycles. The maximum Gasteiger partial charge on any atom is 0.131 e. The van der Waals surface area contributed by atoms with Gasteiger partial charge in [-0.2, -0.15) is 0 Å². The minimum atomic E-state index is 0.420. The van der Waals surface area contributed by atoms with E-state index in [1.165, 1.54) is 0 Å². The van der Waals surface area contributed by atoms with E-state index in [1.807, 2.05) is 11.4 Å². The fourth-order valence-electron chi connectivity index (χ4n) is 1.99. The van der Waals surface area contributed by atoms with Crippen LogP contribution in [-0.2, 0) is 13.0 Å². The smallest absolute Gasteiger partial charge is 0.131 e. The highest BCUT2D eigenvalue weighted by molar-refractivity contribution is 7.20. The van der Waals surface area contributed by atoms with Crippen molar-refractivity contribution in [1.29, 1.82) is 0 Å². The van der Waals surface area contributed by atoms with Gasteiger partial charge in [0.05, 0.1) is 22.0 Å². The number of nitrogens with two attached hydrogens (primary N) is 1. The van der Waals surface area contributed by atoms with Crippen LogP contribution < -0.4 is 11.1 Å². The molecule has 0 saturated heterocycles. The molecule has 0 radical (unpaired) electrons. The molecular formula is C13H12Cl2N4S2. The Labute approximate surface area is 139 Å². The average molecular weight is 359 g/mol. The van der Waals surface area contributed by atoms with Crippen molar-refractivity contribution in [3.8, 4) is 0 Å². The third-order valence-corrected chi connectivity index (χ3v) is 5.67. The van der Waals surface area contributed by atoms with Crippen molar-refractivity contribution in [3.63, 3.8) is 0 Å². The number of rotatable bonds is 5. The number of nitrogens with one attached hydrogen (secondary N) is 1. The van der Waals surface area contributed by atoms with Crippen molar-refractivity contribution in [1.82, 2.24) is 9.97 Å². The summed E-state index contributed by atoms with van der Waals surface area (Å²) in [5.74, 6) is 0. The van der Waals surface area contributed by atoms with Gasteiger partial charge in [0, 0.05) is 22.5 Å². The zero-order valence-corrected chi connectivity index (χ0v) is 14.0. The van der Waals surface area contributed by atoms with E-state index in [2.05, 4.69) is 15.3 Å². The molecule has 0 spiro atoms. The number of thiazole rings is 1. The lowest BCUT2D eigenvalue weighted by Gasteiger charge is -2.06. The van der Waals surface area contributed by atoms with E-state index >= 15 is 0 Å². The van der Waals surface area contributed by atoms with Gasteiger partial charge >= 0.3 is 0 Å². The number of hydrogen-bond acceptors (Lipinski definition) is 6. The van der Waals surface area contributed by atoms with Crippen LogP contribution in [0, 0.1) is 0 Å². The first-order chi connectivity index (χ1) is 10.2. The van der Waals surface area contributed by atoms with E-state index in [1.54, 1.807) is 28.9 Å². The van der Waals surface area contributed by atoms with Crippen LogP contribution in [0.5, 0.6) is 0 Å². The largest absolute Gasteiger partial charge is 0.377 e. The molecule has 0 fully saturated rings. The molecule has 3 aromatic heterocycles. The molecule has 0 unspecified atom stereocenters. The molecule has 0 aromatic carbocycles. The van der Waals surface area contributed by atoms with Crippen LogP contribution in [-0.4, -0.2) is 16.5 Å². The Morgan fingerprint density at radius 3 is 2.90 bits per heavy atom. The molecule has 0 saturated carbocycles. The van der Waals surface area contributed by atoms with Gasteiger partial charge in [-0.15, -0.1) is 22.7 Å². The van der Waals surface area contributed by atoms with Gasteiger partial charge in [-0.05, 0) is 13.0 Å². The van der Waals surface area contributed by atoms with Crippen molar-refractivity contribution in [3.05, 3.63) is 37.7 Å². The van der Waals surface area contributed by atoms with Crippen molar-refractivity contribution >= 4 is 61.8 Å². The summed E-state index contributed by atoms with van der Waals surface area (Å²) in [5, 5.41) is 7.40. The molecule has 3 rings (SSSR count). The fourth-order valence-corrected chi connectivity index (χ4v) is 4.28. The third kappa shape index (κ3) is 3.14. The van der Waals surface area contributed by atoms with Crippen LogP contribution in [0.4, 0.5) is 5.69 Å². The van der Waals surface area contributed by atoms with E-state index < -0.39 is 0 Å². The van der Waals surface area contributed by atoms with Gasteiger partial charge in [0.15, 0.2) is 0 Å². The van der Waals surface area contributed by atoms with Gasteiger partial charge in [0.1, 0.15) is 15.7 Å². The van der Waals surface area contributed by atoms with Gasteiger partial charge in [-0.1, -0.05) is 23.2 Å². The Hall–Kier alpha value is -0.920. The Morgan fingerprint density at radius 1 is 1.33 bits per heavy atom. The molecule has 4 nitrogen and oxygen atoms in total. The van der Waals surface area contributed by atoms with Crippen LogP contribution in [0.1, 0.15) is 9.88 Å². The second kappa shape index (κ2) is 6.46. The number of nitrogens with zero attached hydrogens (tertiary/aromatic N) is 2. The summed E-state index contributed by atoms with van der Waals surface area (Å²) in [6.45, 7) is 1.21. The molecule has 3 aromatic rings. The van der Waals surface area contributed by atoms with Crippen LogP contribution in [0.3, 0.4) is 0 Å². The first-order valence-electron chi connectivity index (χ1n) is 6.28. The Morgan fingerprint density at radius 2 is 2.19 bits per heavy atom. The molecule has 0 amide bonds. The molecule has 0 aliphatic heterocycles. The lowest BCUT2D eigenvalue weighted by atomic mass is 10.3. The summed E-state index contributed by atoms with van der Waals surface area (Å²) in [6, 6.07) is 1.82. The van der Waals surface area contributed by atoms with Crippen LogP contribution in [0.2, 0.25) is 10.2 Å². The highest BCUT2D eigenvalue weighted by atomic mass is 35.5. The predicted molar refractivity (Wildman–Crippen MR) is 91.8 cm³/mol. The first kappa shape index (κ1) is 15.0. The molecule has 3 heterocycles. The van der Waals surface area contributed by atoms with Gasteiger partial charge < -0.3 is 11.1 Å². The SMILES string of the molecule is NCCc1sc2c(NCc3nccs3)cc(Cl)nc2c1Cl. The number of pyridine rings is 1. The van der Waals surface area contributed by atoms with Crippen LogP contribution in [0.25, 0.3) is 10.2 Å². The monoisotopic (exact) mass is 358 g/mol. The molecule has 8 heteroatoms. The third-order valence-electron chi connectivity index (χ3n) is 2.90. The molecule has 0 bridgehead atoms. The number of halogens is 2. The second-order valence-corrected chi connectivity index (χ2v) is 7.18. The zero-order chi connectivity index (χ0) is 14.8. The molecule has 0 aliphatic rings. The number of thiophene rings is 1. The number of anilines is 1. The zero-order valence-electron chi connectivity index (χ0n) is 10.9. The standard InChI is InChI=1S/C13H12Cl2N4S2/c14-9-5-7(18-6-10-17-3-4-20-10)13-12(19-9)11(15)8(21-13)1-2-16/h3-5H,1-2,6,16H2,(H,18,19). The van der Waals surface area contributed by atoms with E-state index in [0.717, 1.165) is 32.2 Å². The lowest BCUT2D eigenvalue weighted by Crippen LogP contribution is -2.01. The van der Waals surface area contributed by atoms with Crippen LogP contribution >= 0.6 is 45.9 Å². The number of fused-ring (bicyclic) bond motifs is 1. The maximum atomic E-state index is 6.38. The molecule has 0 atom stereocenters. The summed E-state index contributed by atoms with van der Waals surface area (Å²) < 4.78 is 1.00. The average Bonchev–Trinajstić information content (AvgIpc) is 3.07. The Kier molecular flexibility index (Phi) is 4.61. The van der Waals surface area contributed by atoms with Crippen molar-refractivity contribution in [2.75, 3.05) is 11.9 Å². The molecule has 21 heavy (non-hydrogen) atoms. The second-order valence-electron chi connectivity index (χ2n) is 4.33. The Bertz CT molecular complexity index is 755.